The maximum absolute atomic E-state index is 13.1. The smallest absolute Gasteiger partial charge is 0.305 e. The highest BCUT2D eigenvalue weighted by atomic mass is 19.1. The summed E-state index contributed by atoms with van der Waals surface area (Å²) < 4.78 is 27.6. The Kier molecular flexibility index (Phi) is 2.67. The molecule has 0 radical (unpaired) electrons. The molecule has 1 N–H and O–H groups in total. The van der Waals surface area contributed by atoms with E-state index in [9.17, 15) is 13.6 Å². The molecule has 3 nitrogen and oxygen atoms in total. The molecule has 0 aliphatic heterocycles. The van der Waals surface area contributed by atoms with Gasteiger partial charge in [-0.3, -0.25) is 4.57 Å². The van der Waals surface area contributed by atoms with Crippen molar-refractivity contribution in [3.8, 4) is 0 Å². The van der Waals surface area contributed by atoms with Crippen LogP contribution in [0.3, 0.4) is 0 Å². The first kappa shape index (κ1) is 11.6. The van der Waals surface area contributed by atoms with E-state index in [0.717, 1.165) is 0 Å². The molecule has 0 atom stereocenters. The predicted molar refractivity (Wildman–Crippen MR) is 68.0 cm³/mol. The zero-order valence-corrected chi connectivity index (χ0v) is 9.86. The molecule has 2 aromatic carbocycles. The number of aromatic amines is 1. The zero-order valence-electron chi connectivity index (χ0n) is 9.86. The summed E-state index contributed by atoms with van der Waals surface area (Å²) in [7, 11) is 0. The lowest BCUT2D eigenvalue weighted by Crippen LogP contribution is -2.17. The van der Waals surface area contributed by atoms with Gasteiger partial charge in [-0.05, 0) is 35.9 Å². The molecule has 0 saturated heterocycles. The van der Waals surface area contributed by atoms with Crippen LogP contribution >= 0.6 is 0 Å². The van der Waals surface area contributed by atoms with Crippen molar-refractivity contribution < 1.29 is 8.78 Å². The number of imidazole rings is 1. The minimum atomic E-state index is -0.411. The van der Waals surface area contributed by atoms with Crippen molar-refractivity contribution in [3.05, 3.63) is 70.1 Å². The van der Waals surface area contributed by atoms with Crippen LogP contribution in [0.15, 0.2) is 47.3 Å². The molecular formula is C14H10F2N2O. The fourth-order valence-electron chi connectivity index (χ4n) is 2.11. The van der Waals surface area contributed by atoms with E-state index in [2.05, 4.69) is 4.98 Å². The lowest BCUT2D eigenvalue weighted by atomic mass is 10.2. The van der Waals surface area contributed by atoms with Crippen LogP contribution in [0.5, 0.6) is 0 Å². The fraction of sp³-hybridized carbons (Fsp3) is 0.0714. The SMILES string of the molecule is O=c1[nH]c2cc(F)ccc2n1Cc1cccc(F)c1. The summed E-state index contributed by atoms with van der Waals surface area (Å²) in [6.07, 6.45) is 0. The highest BCUT2D eigenvalue weighted by Crippen LogP contribution is 2.14. The zero-order chi connectivity index (χ0) is 13.4. The summed E-state index contributed by atoms with van der Waals surface area (Å²) >= 11 is 0. The van der Waals surface area contributed by atoms with Crippen molar-refractivity contribution in [2.24, 2.45) is 0 Å². The first-order chi connectivity index (χ1) is 9.13. The minimum absolute atomic E-state index is 0.238. The molecule has 19 heavy (non-hydrogen) atoms. The molecule has 0 aliphatic carbocycles. The molecule has 1 heterocycles. The van der Waals surface area contributed by atoms with Gasteiger partial charge in [-0.25, -0.2) is 13.6 Å². The van der Waals surface area contributed by atoms with Crippen LogP contribution in [0.25, 0.3) is 11.0 Å². The normalized spacial score (nSPS) is 11.1. The van der Waals surface area contributed by atoms with Crippen molar-refractivity contribution in [2.75, 3.05) is 0 Å². The van der Waals surface area contributed by atoms with Gasteiger partial charge in [0.1, 0.15) is 11.6 Å². The third kappa shape index (κ3) is 2.14. The Morgan fingerprint density at radius 2 is 1.84 bits per heavy atom. The van der Waals surface area contributed by atoms with E-state index >= 15 is 0 Å². The third-order valence-electron chi connectivity index (χ3n) is 2.97. The van der Waals surface area contributed by atoms with Crippen LogP contribution < -0.4 is 5.69 Å². The number of halogens is 2. The van der Waals surface area contributed by atoms with Gasteiger partial charge in [0, 0.05) is 0 Å². The number of nitrogens with one attached hydrogen (secondary N) is 1. The fourth-order valence-corrected chi connectivity index (χ4v) is 2.11. The molecule has 5 heteroatoms. The maximum Gasteiger partial charge on any atom is 0.326 e. The lowest BCUT2D eigenvalue weighted by molar-refractivity contribution is 0.623. The summed E-state index contributed by atoms with van der Waals surface area (Å²) in [5.74, 6) is -0.761. The van der Waals surface area contributed by atoms with E-state index in [1.807, 2.05) is 0 Å². The number of fused-ring (bicyclic) bond motifs is 1. The van der Waals surface area contributed by atoms with Crippen molar-refractivity contribution in [2.45, 2.75) is 6.54 Å². The van der Waals surface area contributed by atoms with Crippen LogP contribution in [-0.4, -0.2) is 9.55 Å². The predicted octanol–water partition coefficient (Wildman–Crippen LogP) is 2.66. The summed E-state index contributed by atoms with van der Waals surface area (Å²) in [4.78, 5) is 14.4. The highest BCUT2D eigenvalue weighted by Gasteiger charge is 2.08. The second-order valence-electron chi connectivity index (χ2n) is 4.31. The van der Waals surface area contributed by atoms with Gasteiger partial charge >= 0.3 is 5.69 Å². The average molecular weight is 260 g/mol. The number of aromatic nitrogens is 2. The summed E-state index contributed by atoms with van der Waals surface area (Å²) in [6, 6.07) is 10.1. The van der Waals surface area contributed by atoms with Crippen molar-refractivity contribution in [1.82, 2.24) is 9.55 Å². The second kappa shape index (κ2) is 4.35. The number of rotatable bonds is 2. The van der Waals surface area contributed by atoms with E-state index in [1.54, 1.807) is 12.1 Å². The lowest BCUT2D eigenvalue weighted by Gasteiger charge is -2.03. The molecule has 0 unspecified atom stereocenters. The van der Waals surface area contributed by atoms with Gasteiger partial charge in [0.25, 0.3) is 0 Å². The summed E-state index contributed by atoms with van der Waals surface area (Å²) in [5, 5.41) is 0. The number of benzene rings is 2. The standard InChI is InChI=1S/C14H10F2N2O/c15-10-3-1-2-9(6-10)8-18-13-5-4-11(16)7-12(13)17-14(18)19/h1-7H,8H2,(H,17,19). The van der Waals surface area contributed by atoms with Gasteiger partial charge in [-0.2, -0.15) is 0 Å². The Balaban J connectivity index is 2.10. The van der Waals surface area contributed by atoms with Crippen LogP contribution in [0.4, 0.5) is 8.78 Å². The van der Waals surface area contributed by atoms with Crippen molar-refractivity contribution in [3.63, 3.8) is 0 Å². The molecule has 0 aliphatic rings. The van der Waals surface area contributed by atoms with Gasteiger partial charge in [-0.1, -0.05) is 12.1 Å². The molecule has 0 bridgehead atoms. The number of nitrogens with zero attached hydrogens (tertiary/aromatic N) is 1. The van der Waals surface area contributed by atoms with Gasteiger partial charge in [0.05, 0.1) is 17.6 Å². The molecule has 0 amide bonds. The van der Waals surface area contributed by atoms with Gasteiger partial charge in [0.2, 0.25) is 0 Å². The minimum Gasteiger partial charge on any atom is -0.305 e. The topological polar surface area (TPSA) is 37.8 Å². The molecule has 0 spiro atoms. The first-order valence-corrected chi connectivity index (χ1v) is 5.76. The van der Waals surface area contributed by atoms with Crippen molar-refractivity contribution in [1.29, 1.82) is 0 Å². The maximum atomic E-state index is 13.1. The summed E-state index contributed by atoms with van der Waals surface area (Å²) in [6.45, 7) is 0.238. The van der Waals surface area contributed by atoms with Crippen LogP contribution in [0.2, 0.25) is 0 Å². The second-order valence-corrected chi connectivity index (χ2v) is 4.31. The molecule has 96 valence electrons. The molecular weight excluding hydrogens is 250 g/mol. The quantitative estimate of drug-likeness (QED) is 0.755. The first-order valence-electron chi connectivity index (χ1n) is 5.76. The Bertz CT molecular complexity index is 805. The van der Waals surface area contributed by atoms with E-state index in [0.29, 0.717) is 16.6 Å². The molecule has 3 aromatic rings. The van der Waals surface area contributed by atoms with Gasteiger partial charge in [-0.15, -0.1) is 0 Å². The van der Waals surface area contributed by atoms with E-state index in [1.165, 1.54) is 34.9 Å². The molecule has 0 saturated carbocycles. The van der Waals surface area contributed by atoms with Crippen LogP contribution in [0, 0.1) is 11.6 Å². The summed E-state index contributed by atoms with van der Waals surface area (Å²) in [5.41, 5.74) is 1.36. The average Bonchev–Trinajstić information content (AvgIpc) is 2.65. The third-order valence-corrected chi connectivity index (χ3v) is 2.97. The molecule has 0 fully saturated rings. The Hall–Kier alpha value is -2.43. The Morgan fingerprint density at radius 1 is 1.05 bits per heavy atom. The largest absolute Gasteiger partial charge is 0.326 e. The van der Waals surface area contributed by atoms with Crippen LogP contribution in [-0.2, 0) is 6.54 Å². The van der Waals surface area contributed by atoms with E-state index < -0.39 is 5.82 Å². The van der Waals surface area contributed by atoms with E-state index in [-0.39, 0.29) is 18.1 Å². The monoisotopic (exact) mass is 260 g/mol. The van der Waals surface area contributed by atoms with Crippen LogP contribution in [0.1, 0.15) is 5.56 Å². The number of H-pyrrole nitrogens is 1. The molecule has 3 rings (SSSR count). The van der Waals surface area contributed by atoms with Gasteiger partial charge in [0.15, 0.2) is 0 Å². The highest BCUT2D eigenvalue weighted by molar-refractivity contribution is 5.75. The Labute approximate surface area is 107 Å². The van der Waals surface area contributed by atoms with Gasteiger partial charge < -0.3 is 4.98 Å². The van der Waals surface area contributed by atoms with Crippen molar-refractivity contribution >= 4 is 11.0 Å². The van der Waals surface area contributed by atoms with E-state index in [4.69, 9.17) is 0 Å². The number of hydrogen-bond donors (Lipinski definition) is 1. The Morgan fingerprint density at radius 3 is 2.63 bits per heavy atom. The molecule has 1 aromatic heterocycles. The number of hydrogen-bond acceptors (Lipinski definition) is 1.